The van der Waals surface area contributed by atoms with Crippen molar-refractivity contribution in [2.24, 2.45) is 23.7 Å². The fraction of sp³-hybridized carbons (Fsp3) is 0.905. The summed E-state index contributed by atoms with van der Waals surface area (Å²) in [6.07, 6.45) is 11.6. The summed E-state index contributed by atoms with van der Waals surface area (Å²) >= 11 is 0. The van der Waals surface area contributed by atoms with E-state index in [-0.39, 0.29) is 17.5 Å². The van der Waals surface area contributed by atoms with Gasteiger partial charge >= 0.3 is 0 Å². The number of carbonyl (C=O) groups is 2. The molecule has 0 N–H and O–H groups in total. The van der Waals surface area contributed by atoms with Crippen LogP contribution < -0.4 is 0 Å². The molecule has 1 unspecified atom stereocenters. The molecule has 0 heterocycles. The van der Waals surface area contributed by atoms with E-state index in [0.717, 1.165) is 25.2 Å². The highest BCUT2D eigenvalue weighted by atomic mass is 16.2. The van der Waals surface area contributed by atoms with E-state index in [1.807, 2.05) is 0 Å². The fourth-order valence-corrected chi connectivity index (χ4v) is 3.78. The molecule has 1 rings (SSSR count). The molecule has 1 aliphatic rings. The first-order chi connectivity index (χ1) is 10.9. The van der Waals surface area contributed by atoms with E-state index in [4.69, 9.17) is 0 Å². The van der Waals surface area contributed by atoms with Crippen molar-refractivity contribution in [3.63, 3.8) is 0 Å². The number of Topliss-reactive ketones (excluding diaryl/α,β-unsaturated/α-hetero) is 2. The molecule has 0 radical (unpaired) electrons. The van der Waals surface area contributed by atoms with Crippen LogP contribution in [0.25, 0.3) is 0 Å². The number of carbonyl (C=O) groups excluding carboxylic acids is 2. The van der Waals surface area contributed by atoms with Crippen molar-refractivity contribution in [3.05, 3.63) is 0 Å². The van der Waals surface area contributed by atoms with Gasteiger partial charge in [-0.3, -0.25) is 9.59 Å². The molecule has 0 aromatic rings. The van der Waals surface area contributed by atoms with Crippen LogP contribution in [0.2, 0.25) is 0 Å². The van der Waals surface area contributed by atoms with Crippen molar-refractivity contribution in [3.8, 4) is 0 Å². The van der Waals surface area contributed by atoms with Crippen LogP contribution in [0.1, 0.15) is 98.3 Å². The molecule has 0 aromatic carbocycles. The first-order valence-corrected chi connectivity index (χ1v) is 9.99. The van der Waals surface area contributed by atoms with E-state index in [9.17, 15) is 9.59 Å². The molecule has 0 amide bonds. The summed E-state index contributed by atoms with van der Waals surface area (Å²) in [5.41, 5.74) is 0. The molecule has 1 saturated carbocycles. The molecular formula is C21H38O2. The fourth-order valence-electron chi connectivity index (χ4n) is 3.78. The Morgan fingerprint density at radius 3 is 2.09 bits per heavy atom. The van der Waals surface area contributed by atoms with E-state index in [2.05, 4.69) is 27.7 Å². The molecule has 1 fully saturated rings. The van der Waals surface area contributed by atoms with Crippen LogP contribution >= 0.6 is 0 Å². The van der Waals surface area contributed by atoms with Gasteiger partial charge in [0.15, 0.2) is 0 Å². The summed E-state index contributed by atoms with van der Waals surface area (Å²) in [5, 5.41) is 0. The SMILES string of the molecule is CCCCCC1CC(=O)C(CCC(C)CCCC(C)C)C(=O)C1. The smallest absolute Gasteiger partial charge is 0.143 e. The minimum Gasteiger partial charge on any atom is -0.299 e. The minimum absolute atomic E-state index is 0.233. The van der Waals surface area contributed by atoms with Crippen LogP contribution in [-0.4, -0.2) is 11.6 Å². The summed E-state index contributed by atoms with van der Waals surface area (Å²) in [7, 11) is 0. The second-order valence-electron chi connectivity index (χ2n) is 8.26. The van der Waals surface area contributed by atoms with Gasteiger partial charge in [0.05, 0.1) is 5.92 Å². The quantitative estimate of drug-likeness (QED) is 0.347. The zero-order valence-electron chi connectivity index (χ0n) is 15.9. The van der Waals surface area contributed by atoms with Crippen LogP contribution in [0, 0.1) is 23.7 Å². The van der Waals surface area contributed by atoms with Crippen molar-refractivity contribution in [1.29, 1.82) is 0 Å². The number of rotatable bonds is 11. The van der Waals surface area contributed by atoms with Crippen LogP contribution in [0.4, 0.5) is 0 Å². The maximum absolute atomic E-state index is 12.3. The molecule has 0 spiro atoms. The Labute approximate surface area is 143 Å². The second-order valence-corrected chi connectivity index (χ2v) is 8.26. The van der Waals surface area contributed by atoms with Crippen LogP contribution in [0.15, 0.2) is 0 Å². The van der Waals surface area contributed by atoms with Crippen molar-refractivity contribution in [1.82, 2.24) is 0 Å². The molecule has 1 atom stereocenters. The molecule has 0 bridgehead atoms. The van der Waals surface area contributed by atoms with Gasteiger partial charge in [-0.1, -0.05) is 66.2 Å². The summed E-state index contributed by atoms with van der Waals surface area (Å²) in [4.78, 5) is 24.7. The Balaban J connectivity index is 2.29. The van der Waals surface area contributed by atoms with E-state index in [0.29, 0.717) is 24.7 Å². The molecule has 1 aliphatic carbocycles. The van der Waals surface area contributed by atoms with Crippen LogP contribution in [0.3, 0.4) is 0 Å². The zero-order chi connectivity index (χ0) is 17.2. The predicted octanol–water partition coefficient (Wildman–Crippen LogP) is 5.97. The molecule has 2 nitrogen and oxygen atoms in total. The molecule has 0 saturated heterocycles. The Morgan fingerprint density at radius 2 is 1.52 bits per heavy atom. The summed E-state index contributed by atoms with van der Waals surface area (Å²) in [6.45, 7) is 8.99. The number of hydrogen-bond acceptors (Lipinski definition) is 2. The van der Waals surface area contributed by atoms with Gasteiger partial charge in [0.2, 0.25) is 0 Å². The lowest BCUT2D eigenvalue weighted by Crippen LogP contribution is -2.33. The summed E-state index contributed by atoms with van der Waals surface area (Å²) < 4.78 is 0. The number of hydrogen-bond donors (Lipinski definition) is 0. The standard InChI is InChI=1S/C21H38O2/c1-5-6-7-11-18-14-20(22)19(21(23)15-18)13-12-17(4)10-8-9-16(2)3/h16-19H,5-15H2,1-4H3. The third-order valence-electron chi connectivity index (χ3n) is 5.40. The Hall–Kier alpha value is -0.660. The van der Waals surface area contributed by atoms with E-state index in [1.54, 1.807) is 0 Å². The second kappa shape index (κ2) is 11.0. The van der Waals surface area contributed by atoms with Gasteiger partial charge in [0, 0.05) is 12.8 Å². The lowest BCUT2D eigenvalue weighted by molar-refractivity contribution is -0.137. The number of unbranched alkanes of at least 4 members (excludes halogenated alkanes) is 2. The summed E-state index contributed by atoms with van der Waals surface area (Å²) in [6, 6.07) is 0. The lowest BCUT2D eigenvalue weighted by atomic mass is 9.75. The lowest BCUT2D eigenvalue weighted by Gasteiger charge is -2.27. The third-order valence-corrected chi connectivity index (χ3v) is 5.40. The highest BCUT2D eigenvalue weighted by molar-refractivity contribution is 6.04. The average Bonchev–Trinajstić information content (AvgIpc) is 2.46. The maximum atomic E-state index is 12.3. The number of ketones is 2. The van der Waals surface area contributed by atoms with Gasteiger partial charge in [-0.05, 0) is 37.0 Å². The normalized spacial score (nSPS) is 23.5. The third kappa shape index (κ3) is 8.13. The van der Waals surface area contributed by atoms with Crippen molar-refractivity contribution >= 4 is 11.6 Å². The van der Waals surface area contributed by atoms with Gasteiger partial charge in [-0.15, -0.1) is 0 Å². The molecular weight excluding hydrogens is 284 g/mol. The van der Waals surface area contributed by atoms with Gasteiger partial charge in [0.25, 0.3) is 0 Å². The largest absolute Gasteiger partial charge is 0.299 e. The van der Waals surface area contributed by atoms with Gasteiger partial charge in [0.1, 0.15) is 11.6 Å². The monoisotopic (exact) mass is 322 g/mol. The highest BCUT2D eigenvalue weighted by Crippen LogP contribution is 2.31. The molecule has 0 aromatic heterocycles. The summed E-state index contributed by atoms with van der Waals surface area (Å²) in [5.74, 6) is 1.94. The van der Waals surface area contributed by atoms with Crippen LogP contribution in [-0.2, 0) is 9.59 Å². The zero-order valence-corrected chi connectivity index (χ0v) is 15.9. The van der Waals surface area contributed by atoms with Crippen molar-refractivity contribution < 1.29 is 9.59 Å². The Bertz CT molecular complexity index is 341. The highest BCUT2D eigenvalue weighted by Gasteiger charge is 2.34. The van der Waals surface area contributed by atoms with E-state index >= 15 is 0 Å². The van der Waals surface area contributed by atoms with Crippen molar-refractivity contribution in [2.45, 2.75) is 98.3 Å². The van der Waals surface area contributed by atoms with E-state index < -0.39 is 0 Å². The van der Waals surface area contributed by atoms with Crippen LogP contribution in [0.5, 0.6) is 0 Å². The van der Waals surface area contributed by atoms with Gasteiger partial charge in [-0.2, -0.15) is 0 Å². The first-order valence-electron chi connectivity index (χ1n) is 9.99. The average molecular weight is 323 g/mol. The topological polar surface area (TPSA) is 34.1 Å². The van der Waals surface area contributed by atoms with Gasteiger partial charge < -0.3 is 0 Å². The minimum atomic E-state index is -0.273. The molecule has 2 heteroatoms. The van der Waals surface area contributed by atoms with Gasteiger partial charge in [-0.25, -0.2) is 0 Å². The van der Waals surface area contributed by atoms with E-state index in [1.165, 1.54) is 38.5 Å². The first kappa shape index (κ1) is 20.4. The molecule has 134 valence electrons. The molecule has 23 heavy (non-hydrogen) atoms. The Kier molecular flexibility index (Phi) is 9.74. The predicted molar refractivity (Wildman–Crippen MR) is 97.5 cm³/mol. The maximum Gasteiger partial charge on any atom is 0.143 e. The Morgan fingerprint density at radius 1 is 0.870 bits per heavy atom. The molecule has 0 aliphatic heterocycles. The van der Waals surface area contributed by atoms with Crippen molar-refractivity contribution in [2.75, 3.05) is 0 Å².